The van der Waals surface area contributed by atoms with E-state index >= 15 is 0 Å². The molecule has 0 saturated heterocycles. The van der Waals surface area contributed by atoms with Gasteiger partial charge in [-0.2, -0.15) is 5.26 Å². The van der Waals surface area contributed by atoms with E-state index in [0.717, 1.165) is 5.69 Å². The summed E-state index contributed by atoms with van der Waals surface area (Å²) in [7, 11) is 0. The molecule has 1 heterocycles. The summed E-state index contributed by atoms with van der Waals surface area (Å²) < 4.78 is 0. The van der Waals surface area contributed by atoms with Crippen molar-refractivity contribution in [2.75, 3.05) is 10.6 Å². The molecule has 122 valence electrons. The predicted octanol–water partition coefficient (Wildman–Crippen LogP) is 4.00. The Kier molecular flexibility index (Phi) is 4.88. The van der Waals surface area contributed by atoms with Crippen molar-refractivity contribution in [3.8, 4) is 6.07 Å². The van der Waals surface area contributed by atoms with Gasteiger partial charge in [-0.25, -0.2) is 9.97 Å². The Morgan fingerprint density at radius 1 is 1.00 bits per heavy atom. The molecule has 0 radical (unpaired) electrons. The largest absolute Gasteiger partial charge is 0.324 e. The van der Waals surface area contributed by atoms with Crippen LogP contribution in [0.4, 0.5) is 17.3 Å². The molecule has 0 atom stereocenters. The number of nitrogens with zero attached hydrogens (tertiary/aromatic N) is 3. The van der Waals surface area contributed by atoms with Crippen molar-refractivity contribution in [2.24, 2.45) is 0 Å². The number of halogens is 1. The molecule has 0 aliphatic heterocycles. The van der Waals surface area contributed by atoms with Crippen LogP contribution in [0.1, 0.15) is 16.1 Å². The van der Waals surface area contributed by atoms with Gasteiger partial charge in [0.25, 0.3) is 5.91 Å². The molecular weight excluding hydrogens is 338 g/mol. The van der Waals surface area contributed by atoms with Crippen LogP contribution in [0.5, 0.6) is 0 Å². The third-order valence-electron chi connectivity index (χ3n) is 3.26. The first-order valence-electron chi connectivity index (χ1n) is 7.31. The van der Waals surface area contributed by atoms with Crippen molar-refractivity contribution < 1.29 is 4.79 Å². The van der Waals surface area contributed by atoms with Gasteiger partial charge in [-0.1, -0.05) is 11.6 Å². The van der Waals surface area contributed by atoms with Crippen LogP contribution in [0.2, 0.25) is 5.02 Å². The first-order chi connectivity index (χ1) is 12.1. The molecule has 2 N–H and O–H groups in total. The van der Waals surface area contributed by atoms with Crippen LogP contribution < -0.4 is 10.6 Å². The van der Waals surface area contributed by atoms with Crippen molar-refractivity contribution in [1.29, 1.82) is 5.26 Å². The second-order valence-electron chi connectivity index (χ2n) is 5.04. The Bertz CT molecular complexity index is 933. The van der Waals surface area contributed by atoms with E-state index in [-0.39, 0.29) is 11.6 Å². The normalized spacial score (nSPS) is 9.92. The first kappa shape index (κ1) is 16.4. The van der Waals surface area contributed by atoms with Crippen LogP contribution in [-0.2, 0) is 0 Å². The second-order valence-corrected chi connectivity index (χ2v) is 5.48. The molecule has 6 nitrogen and oxygen atoms in total. The van der Waals surface area contributed by atoms with Crippen LogP contribution >= 0.6 is 11.6 Å². The fourth-order valence-electron chi connectivity index (χ4n) is 2.03. The van der Waals surface area contributed by atoms with Crippen molar-refractivity contribution in [1.82, 2.24) is 9.97 Å². The minimum Gasteiger partial charge on any atom is -0.324 e. The highest BCUT2D eigenvalue weighted by atomic mass is 35.5. The van der Waals surface area contributed by atoms with Crippen molar-refractivity contribution >= 4 is 34.8 Å². The van der Waals surface area contributed by atoms with E-state index < -0.39 is 0 Å². The average Bonchev–Trinajstić information content (AvgIpc) is 2.64. The summed E-state index contributed by atoms with van der Waals surface area (Å²) in [6.07, 6.45) is 1.50. The molecule has 7 heteroatoms. The molecule has 0 aliphatic carbocycles. The number of anilines is 3. The summed E-state index contributed by atoms with van der Waals surface area (Å²) in [5.41, 5.74) is 2.08. The molecule has 3 rings (SSSR count). The van der Waals surface area contributed by atoms with Crippen LogP contribution in [0.25, 0.3) is 0 Å². The molecule has 25 heavy (non-hydrogen) atoms. The Morgan fingerprint density at radius 2 is 1.68 bits per heavy atom. The summed E-state index contributed by atoms with van der Waals surface area (Å²) in [4.78, 5) is 20.6. The Balaban J connectivity index is 1.72. The molecule has 1 aromatic heterocycles. The monoisotopic (exact) mass is 349 g/mol. The molecule has 0 bridgehead atoms. The van der Waals surface area contributed by atoms with E-state index in [1.807, 2.05) is 6.07 Å². The van der Waals surface area contributed by atoms with Crippen LogP contribution in [0.3, 0.4) is 0 Å². The highest BCUT2D eigenvalue weighted by Crippen LogP contribution is 2.17. The fourth-order valence-corrected chi connectivity index (χ4v) is 2.16. The molecular formula is C18H12ClN5O. The highest BCUT2D eigenvalue weighted by Gasteiger charge is 2.09. The molecule has 1 amide bonds. The SMILES string of the molecule is N#Cc1ccc(NC(=O)c2ccnc(Nc3ccc(Cl)cc3)n2)cc1. The molecule has 2 aromatic carbocycles. The van der Waals surface area contributed by atoms with E-state index in [9.17, 15) is 4.79 Å². The van der Waals surface area contributed by atoms with Gasteiger partial charge in [0, 0.05) is 22.6 Å². The lowest BCUT2D eigenvalue weighted by atomic mass is 10.2. The van der Waals surface area contributed by atoms with Gasteiger partial charge in [-0.15, -0.1) is 0 Å². The number of rotatable bonds is 4. The number of aromatic nitrogens is 2. The molecule has 0 unspecified atom stereocenters. The van der Waals surface area contributed by atoms with E-state index in [0.29, 0.717) is 22.2 Å². The van der Waals surface area contributed by atoms with Gasteiger partial charge < -0.3 is 10.6 Å². The topological polar surface area (TPSA) is 90.7 Å². The number of benzene rings is 2. The number of carbonyl (C=O) groups is 1. The first-order valence-corrected chi connectivity index (χ1v) is 7.69. The summed E-state index contributed by atoms with van der Waals surface area (Å²) in [5, 5.41) is 15.1. The van der Waals surface area contributed by atoms with Crippen LogP contribution in [-0.4, -0.2) is 15.9 Å². The number of carbonyl (C=O) groups excluding carboxylic acids is 1. The predicted molar refractivity (Wildman–Crippen MR) is 95.9 cm³/mol. The lowest BCUT2D eigenvalue weighted by Gasteiger charge is -2.07. The lowest BCUT2D eigenvalue weighted by Crippen LogP contribution is -2.14. The Labute approximate surface area is 149 Å². The summed E-state index contributed by atoms with van der Waals surface area (Å²) >= 11 is 5.85. The number of nitrogens with one attached hydrogen (secondary N) is 2. The van der Waals surface area contributed by atoms with E-state index in [4.69, 9.17) is 16.9 Å². The van der Waals surface area contributed by atoms with Crippen molar-refractivity contribution in [3.63, 3.8) is 0 Å². The minimum absolute atomic E-state index is 0.218. The number of amides is 1. The third kappa shape index (κ3) is 4.31. The van der Waals surface area contributed by atoms with E-state index in [1.54, 1.807) is 48.5 Å². The standard InChI is InChI=1S/C18H12ClN5O/c19-13-3-7-15(8-4-13)23-18-21-10-9-16(24-18)17(25)22-14-5-1-12(11-20)2-6-14/h1-10H,(H,22,25)(H,21,23,24). The third-order valence-corrected chi connectivity index (χ3v) is 3.51. The van der Waals surface area contributed by atoms with Gasteiger partial charge >= 0.3 is 0 Å². The van der Waals surface area contributed by atoms with Crippen LogP contribution in [0, 0.1) is 11.3 Å². The maximum absolute atomic E-state index is 12.3. The number of hydrogen-bond acceptors (Lipinski definition) is 5. The van der Waals surface area contributed by atoms with Crippen molar-refractivity contribution in [3.05, 3.63) is 77.1 Å². The minimum atomic E-state index is -0.369. The van der Waals surface area contributed by atoms with E-state index in [1.165, 1.54) is 12.3 Å². The van der Waals surface area contributed by atoms with E-state index in [2.05, 4.69) is 20.6 Å². The zero-order chi connectivity index (χ0) is 17.6. The van der Waals surface area contributed by atoms with Gasteiger partial charge in [0.1, 0.15) is 5.69 Å². The number of nitriles is 1. The maximum Gasteiger partial charge on any atom is 0.274 e. The number of hydrogen-bond donors (Lipinski definition) is 2. The Morgan fingerprint density at radius 3 is 2.36 bits per heavy atom. The van der Waals surface area contributed by atoms with Gasteiger partial charge in [0.05, 0.1) is 11.6 Å². The molecule has 0 saturated carbocycles. The molecule has 0 spiro atoms. The van der Waals surface area contributed by atoms with Crippen LogP contribution in [0.15, 0.2) is 60.8 Å². The zero-order valence-corrected chi connectivity index (χ0v) is 13.7. The zero-order valence-electron chi connectivity index (χ0n) is 12.9. The summed E-state index contributed by atoms with van der Waals surface area (Å²) in [6, 6.07) is 17.2. The summed E-state index contributed by atoms with van der Waals surface area (Å²) in [5.74, 6) is -0.0685. The van der Waals surface area contributed by atoms with Gasteiger partial charge in [-0.05, 0) is 54.6 Å². The molecule has 0 fully saturated rings. The fraction of sp³-hybridized carbons (Fsp3) is 0. The molecule has 0 aliphatic rings. The quantitative estimate of drug-likeness (QED) is 0.743. The Hall–Kier alpha value is -3.43. The average molecular weight is 350 g/mol. The van der Waals surface area contributed by atoms with Gasteiger partial charge in [0.2, 0.25) is 5.95 Å². The van der Waals surface area contributed by atoms with Crippen molar-refractivity contribution in [2.45, 2.75) is 0 Å². The summed E-state index contributed by atoms with van der Waals surface area (Å²) in [6.45, 7) is 0. The maximum atomic E-state index is 12.3. The highest BCUT2D eigenvalue weighted by molar-refractivity contribution is 6.30. The lowest BCUT2D eigenvalue weighted by molar-refractivity contribution is 0.102. The van der Waals surface area contributed by atoms with Gasteiger partial charge in [0.15, 0.2) is 0 Å². The van der Waals surface area contributed by atoms with Gasteiger partial charge in [-0.3, -0.25) is 4.79 Å². The second kappa shape index (κ2) is 7.43. The molecule has 3 aromatic rings. The smallest absolute Gasteiger partial charge is 0.274 e.